The Labute approximate surface area is 114 Å². The molecule has 0 radical (unpaired) electrons. The molecule has 1 aromatic heterocycles. The fourth-order valence-electron chi connectivity index (χ4n) is 1.51. The van der Waals surface area contributed by atoms with Gasteiger partial charge in [0.05, 0.1) is 11.8 Å². The predicted molar refractivity (Wildman–Crippen MR) is 73.2 cm³/mol. The molecule has 0 atom stereocenters. The molecular weight excluding hydrogens is 294 g/mol. The average molecular weight is 306 g/mol. The van der Waals surface area contributed by atoms with Crippen LogP contribution in [0.1, 0.15) is 23.0 Å². The normalized spacial score (nSPS) is 10.2. The van der Waals surface area contributed by atoms with E-state index in [1.165, 1.54) is 6.92 Å². The van der Waals surface area contributed by atoms with Gasteiger partial charge in [-0.25, -0.2) is 0 Å². The van der Waals surface area contributed by atoms with Crippen molar-refractivity contribution in [3.8, 4) is 11.5 Å². The summed E-state index contributed by atoms with van der Waals surface area (Å²) in [5.74, 6) is 1.12. The molecule has 2 rings (SSSR count). The van der Waals surface area contributed by atoms with Crippen molar-refractivity contribution in [3.63, 3.8) is 0 Å². The average Bonchev–Trinajstić information content (AvgIpc) is 2.34. The summed E-state index contributed by atoms with van der Waals surface area (Å²) in [5.41, 5.74) is 1.47. The summed E-state index contributed by atoms with van der Waals surface area (Å²) in [4.78, 5) is 15.7. The van der Waals surface area contributed by atoms with Gasteiger partial charge < -0.3 is 4.74 Å². The molecule has 0 aliphatic heterocycles. The molecule has 0 aliphatic carbocycles. The molecule has 0 aliphatic rings. The van der Waals surface area contributed by atoms with E-state index in [-0.39, 0.29) is 5.78 Å². The van der Waals surface area contributed by atoms with Crippen LogP contribution in [0.15, 0.2) is 41.0 Å². The van der Waals surface area contributed by atoms with Crippen LogP contribution < -0.4 is 4.74 Å². The molecule has 0 bridgehead atoms. The second kappa shape index (κ2) is 5.31. The predicted octanol–water partition coefficient (Wildman–Crippen LogP) is 4.15. The van der Waals surface area contributed by atoms with Crippen LogP contribution in [-0.2, 0) is 0 Å². The molecule has 0 amide bonds. The van der Waals surface area contributed by atoms with Crippen molar-refractivity contribution in [1.29, 1.82) is 0 Å². The quantitative estimate of drug-likeness (QED) is 0.800. The number of ether oxygens (including phenoxy) is 1. The highest BCUT2D eigenvalue weighted by Crippen LogP contribution is 2.28. The van der Waals surface area contributed by atoms with E-state index in [4.69, 9.17) is 4.74 Å². The molecule has 0 saturated heterocycles. The number of Topliss-reactive ketones (excluding diaryl/α,β-unsaturated/α-hetero) is 1. The van der Waals surface area contributed by atoms with E-state index in [1.807, 2.05) is 25.1 Å². The van der Waals surface area contributed by atoms with E-state index in [2.05, 4.69) is 20.9 Å². The van der Waals surface area contributed by atoms with Crippen molar-refractivity contribution < 1.29 is 9.53 Å². The SMILES string of the molecule is CC(=O)c1cc(Br)ccc1Oc1ccc(C)nc1. The fraction of sp³-hybridized carbons (Fsp3) is 0.143. The minimum atomic E-state index is -0.0358. The Morgan fingerprint density at radius 3 is 2.67 bits per heavy atom. The number of aromatic nitrogens is 1. The van der Waals surface area contributed by atoms with E-state index in [9.17, 15) is 4.79 Å². The van der Waals surface area contributed by atoms with Crippen molar-refractivity contribution in [2.24, 2.45) is 0 Å². The third-order valence-electron chi connectivity index (χ3n) is 2.43. The van der Waals surface area contributed by atoms with Gasteiger partial charge in [0.2, 0.25) is 0 Å². The number of carbonyl (C=O) groups is 1. The van der Waals surface area contributed by atoms with Crippen molar-refractivity contribution >= 4 is 21.7 Å². The Balaban J connectivity index is 2.34. The first kappa shape index (κ1) is 12.8. The first-order valence-corrected chi connectivity index (χ1v) is 6.26. The molecule has 0 fully saturated rings. The zero-order valence-electron chi connectivity index (χ0n) is 10.1. The maximum Gasteiger partial charge on any atom is 0.163 e. The Bertz CT molecular complexity index is 579. The number of nitrogens with zero attached hydrogens (tertiary/aromatic N) is 1. The first-order chi connectivity index (χ1) is 8.56. The summed E-state index contributed by atoms with van der Waals surface area (Å²) in [7, 11) is 0. The van der Waals surface area contributed by atoms with Crippen LogP contribution in [0.25, 0.3) is 0 Å². The van der Waals surface area contributed by atoms with E-state index < -0.39 is 0 Å². The molecule has 3 nitrogen and oxygen atoms in total. The summed E-state index contributed by atoms with van der Waals surface area (Å²) in [6, 6.07) is 9.04. The molecule has 0 unspecified atom stereocenters. The van der Waals surface area contributed by atoms with Gasteiger partial charge in [0.15, 0.2) is 5.78 Å². The van der Waals surface area contributed by atoms with Crippen molar-refractivity contribution in [1.82, 2.24) is 4.98 Å². The van der Waals surface area contributed by atoms with Gasteiger partial charge >= 0.3 is 0 Å². The zero-order valence-corrected chi connectivity index (χ0v) is 11.7. The lowest BCUT2D eigenvalue weighted by Gasteiger charge is -2.09. The number of benzene rings is 1. The van der Waals surface area contributed by atoms with E-state index in [0.717, 1.165) is 10.2 Å². The van der Waals surface area contributed by atoms with Crippen molar-refractivity contribution in [2.75, 3.05) is 0 Å². The molecular formula is C14H12BrNO2. The minimum Gasteiger partial charge on any atom is -0.455 e. The summed E-state index contributed by atoms with van der Waals surface area (Å²) in [6.45, 7) is 3.42. The van der Waals surface area contributed by atoms with Gasteiger partial charge in [-0.1, -0.05) is 15.9 Å². The third kappa shape index (κ3) is 2.96. The third-order valence-corrected chi connectivity index (χ3v) is 2.93. The Morgan fingerprint density at radius 1 is 1.28 bits per heavy atom. The number of hydrogen-bond acceptors (Lipinski definition) is 3. The molecule has 0 spiro atoms. The van der Waals surface area contributed by atoms with E-state index in [1.54, 1.807) is 18.3 Å². The number of rotatable bonds is 3. The van der Waals surface area contributed by atoms with Crippen molar-refractivity contribution in [2.45, 2.75) is 13.8 Å². The lowest BCUT2D eigenvalue weighted by molar-refractivity contribution is 0.101. The van der Waals surface area contributed by atoms with Gasteiger partial charge in [0.1, 0.15) is 11.5 Å². The maximum absolute atomic E-state index is 11.5. The molecule has 92 valence electrons. The summed E-state index contributed by atoms with van der Waals surface area (Å²) >= 11 is 3.34. The maximum atomic E-state index is 11.5. The number of aryl methyl sites for hydroxylation is 1. The highest BCUT2D eigenvalue weighted by Gasteiger charge is 2.10. The molecule has 4 heteroatoms. The van der Waals surface area contributed by atoms with Gasteiger partial charge in [-0.05, 0) is 44.2 Å². The largest absolute Gasteiger partial charge is 0.455 e. The molecule has 0 N–H and O–H groups in total. The lowest BCUT2D eigenvalue weighted by Crippen LogP contribution is -1.97. The molecule has 1 aromatic carbocycles. The summed E-state index contributed by atoms with van der Waals surface area (Å²) in [6.07, 6.45) is 1.64. The summed E-state index contributed by atoms with van der Waals surface area (Å²) < 4.78 is 6.53. The van der Waals surface area contributed by atoms with E-state index in [0.29, 0.717) is 17.1 Å². The van der Waals surface area contributed by atoms with Crippen LogP contribution in [0.5, 0.6) is 11.5 Å². The molecule has 18 heavy (non-hydrogen) atoms. The number of pyridine rings is 1. The smallest absolute Gasteiger partial charge is 0.163 e. The van der Waals surface area contributed by atoms with Gasteiger partial charge in [0, 0.05) is 10.2 Å². The van der Waals surface area contributed by atoms with Gasteiger partial charge in [0.25, 0.3) is 0 Å². The van der Waals surface area contributed by atoms with Crippen LogP contribution in [0.2, 0.25) is 0 Å². The molecule has 2 aromatic rings. The second-order valence-corrected chi connectivity index (χ2v) is 4.85. The number of hydrogen-bond donors (Lipinski definition) is 0. The van der Waals surface area contributed by atoms with Crippen LogP contribution in [0.4, 0.5) is 0 Å². The number of halogens is 1. The zero-order chi connectivity index (χ0) is 13.1. The van der Waals surface area contributed by atoms with Crippen LogP contribution in [0, 0.1) is 6.92 Å². The molecule has 1 heterocycles. The monoisotopic (exact) mass is 305 g/mol. The van der Waals surface area contributed by atoms with Gasteiger partial charge in [-0.2, -0.15) is 0 Å². The topological polar surface area (TPSA) is 39.2 Å². The van der Waals surface area contributed by atoms with Gasteiger partial charge in [-0.15, -0.1) is 0 Å². The number of carbonyl (C=O) groups excluding carboxylic acids is 1. The Morgan fingerprint density at radius 2 is 2.06 bits per heavy atom. The van der Waals surface area contributed by atoms with Crippen LogP contribution in [-0.4, -0.2) is 10.8 Å². The van der Waals surface area contributed by atoms with Crippen LogP contribution >= 0.6 is 15.9 Å². The van der Waals surface area contributed by atoms with E-state index >= 15 is 0 Å². The number of ketones is 1. The Kier molecular flexibility index (Phi) is 3.77. The highest BCUT2D eigenvalue weighted by atomic mass is 79.9. The van der Waals surface area contributed by atoms with Crippen LogP contribution in [0.3, 0.4) is 0 Å². The second-order valence-electron chi connectivity index (χ2n) is 3.93. The highest BCUT2D eigenvalue weighted by molar-refractivity contribution is 9.10. The molecule has 0 saturated carbocycles. The summed E-state index contributed by atoms with van der Waals surface area (Å²) in [5, 5.41) is 0. The Hall–Kier alpha value is -1.68. The fourth-order valence-corrected chi connectivity index (χ4v) is 1.87. The lowest BCUT2D eigenvalue weighted by atomic mass is 10.1. The standard InChI is InChI=1S/C14H12BrNO2/c1-9-3-5-12(8-16-9)18-14-6-4-11(15)7-13(14)10(2)17/h3-8H,1-2H3. The minimum absolute atomic E-state index is 0.0358. The first-order valence-electron chi connectivity index (χ1n) is 5.47. The van der Waals surface area contributed by atoms with Gasteiger partial charge in [-0.3, -0.25) is 9.78 Å². The van der Waals surface area contributed by atoms with Crippen molar-refractivity contribution in [3.05, 3.63) is 52.3 Å².